The standard InChI is InChI=1S/C19H20N4O5/c1-2-27-16-9-4-3-8-15(16)22-18(25)19(26)23-21-11-13-6-5-7-14(10-13)28-12-17(20)24/h3-11H,2,12H2,1H3,(H2,20,24)(H,22,25)(H,23,26)/b21-11-. The molecule has 28 heavy (non-hydrogen) atoms. The number of ether oxygens (including phenoxy) is 2. The summed E-state index contributed by atoms with van der Waals surface area (Å²) in [6, 6.07) is 13.4. The Morgan fingerprint density at radius 3 is 2.61 bits per heavy atom. The van der Waals surface area contributed by atoms with Crippen molar-refractivity contribution in [2.24, 2.45) is 10.8 Å². The third-order valence-corrected chi connectivity index (χ3v) is 3.26. The van der Waals surface area contributed by atoms with Crippen molar-refractivity contribution in [3.05, 3.63) is 54.1 Å². The number of amides is 3. The molecule has 0 unspecified atom stereocenters. The van der Waals surface area contributed by atoms with E-state index in [0.717, 1.165) is 0 Å². The first-order chi connectivity index (χ1) is 13.5. The number of hydrogen-bond donors (Lipinski definition) is 3. The molecule has 9 nitrogen and oxygen atoms in total. The molecule has 0 bridgehead atoms. The van der Waals surface area contributed by atoms with Crippen LogP contribution >= 0.6 is 0 Å². The van der Waals surface area contributed by atoms with Gasteiger partial charge >= 0.3 is 11.8 Å². The van der Waals surface area contributed by atoms with Gasteiger partial charge in [0, 0.05) is 0 Å². The summed E-state index contributed by atoms with van der Waals surface area (Å²) in [5.41, 5.74) is 8.12. The van der Waals surface area contributed by atoms with E-state index in [2.05, 4.69) is 15.8 Å². The summed E-state index contributed by atoms with van der Waals surface area (Å²) in [5.74, 6) is -1.54. The van der Waals surface area contributed by atoms with Crippen LogP contribution in [0.3, 0.4) is 0 Å². The van der Waals surface area contributed by atoms with Crippen molar-refractivity contribution in [2.75, 3.05) is 18.5 Å². The van der Waals surface area contributed by atoms with Crippen LogP contribution in [0.2, 0.25) is 0 Å². The molecule has 0 aliphatic heterocycles. The van der Waals surface area contributed by atoms with E-state index in [4.69, 9.17) is 15.2 Å². The number of para-hydroxylation sites is 2. The van der Waals surface area contributed by atoms with E-state index in [1.54, 1.807) is 48.5 Å². The Morgan fingerprint density at radius 2 is 1.86 bits per heavy atom. The second-order valence-corrected chi connectivity index (χ2v) is 5.41. The first kappa shape index (κ1) is 20.4. The molecule has 0 aromatic heterocycles. The smallest absolute Gasteiger partial charge is 0.329 e. The third kappa shape index (κ3) is 6.45. The summed E-state index contributed by atoms with van der Waals surface area (Å²) in [4.78, 5) is 34.6. The molecule has 0 aliphatic carbocycles. The fourth-order valence-electron chi connectivity index (χ4n) is 2.09. The second-order valence-electron chi connectivity index (χ2n) is 5.41. The highest BCUT2D eigenvalue weighted by molar-refractivity contribution is 6.39. The number of nitrogens with one attached hydrogen (secondary N) is 2. The van der Waals surface area contributed by atoms with Gasteiger partial charge in [0.1, 0.15) is 11.5 Å². The van der Waals surface area contributed by atoms with Gasteiger partial charge in [-0.2, -0.15) is 5.10 Å². The third-order valence-electron chi connectivity index (χ3n) is 3.26. The predicted molar refractivity (Wildman–Crippen MR) is 103 cm³/mol. The van der Waals surface area contributed by atoms with Crippen molar-refractivity contribution in [2.45, 2.75) is 6.92 Å². The predicted octanol–water partition coefficient (Wildman–Crippen LogP) is 1.04. The van der Waals surface area contributed by atoms with Crippen molar-refractivity contribution in [3.63, 3.8) is 0 Å². The molecule has 0 saturated carbocycles. The molecule has 2 aromatic rings. The average molecular weight is 384 g/mol. The molecule has 146 valence electrons. The summed E-state index contributed by atoms with van der Waals surface area (Å²) in [6.07, 6.45) is 1.33. The summed E-state index contributed by atoms with van der Waals surface area (Å²) in [5, 5.41) is 6.20. The lowest BCUT2D eigenvalue weighted by molar-refractivity contribution is -0.136. The quantitative estimate of drug-likeness (QED) is 0.355. The zero-order chi connectivity index (χ0) is 20.4. The molecule has 0 heterocycles. The fourth-order valence-corrected chi connectivity index (χ4v) is 2.09. The Morgan fingerprint density at radius 1 is 1.07 bits per heavy atom. The fraction of sp³-hybridized carbons (Fsp3) is 0.158. The zero-order valence-corrected chi connectivity index (χ0v) is 15.2. The zero-order valence-electron chi connectivity index (χ0n) is 15.2. The van der Waals surface area contributed by atoms with E-state index in [-0.39, 0.29) is 6.61 Å². The molecule has 0 spiro atoms. The first-order valence-corrected chi connectivity index (χ1v) is 8.37. The maximum atomic E-state index is 12.0. The molecule has 0 aliphatic rings. The number of primary amides is 1. The van der Waals surface area contributed by atoms with Gasteiger partial charge in [-0.05, 0) is 36.8 Å². The molecule has 3 amide bonds. The Labute approximate surface area is 161 Å². The topological polar surface area (TPSA) is 132 Å². The van der Waals surface area contributed by atoms with Crippen LogP contribution in [0, 0.1) is 0 Å². The maximum Gasteiger partial charge on any atom is 0.329 e. The van der Waals surface area contributed by atoms with Gasteiger partial charge in [0.25, 0.3) is 5.91 Å². The van der Waals surface area contributed by atoms with Crippen molar-refractivity contribution >= 4 is 29.6 Å². The van der Waals surface area contributed by atoms with Gasteiger partial charge in [-0.15, -0.1) is 0 Å². The number of hydrazone groups is 1. The van der Waals surface area contributed by atoms with E-state index in [9.17, 15) is 14.4 Å². The van der Waals surface area contributed by atoms with E-state index < -0.39 is 17.7 Å². The number of carbonyl (C=O) groups is 3. The molecule has 0 fully saturated rings. The molecule has 0 saturated heterocycles. The Hall–Kier alpha value is -3.88. The van der Waals surface area contributed by atoms with E-state index in [1.807, 2.05) is 6.92 Å². The molecule has 0 atom stereocenters. The number of hydrogen-bond acceptors (Lipinski definition) is 6. The van der Waals surface area contributed by atoms with E-state index in [1.165, 1.54) is 6.21 Å². The lowest BCUT2D eigenvalue weighted by Gasteiger charge is -2.10. The van der Waals surface area contributed by atoms with Crippen LogP contribution in [0.15, 0.2) is 53.6 Å². The monoisotopic (exact) mass is 384 g/mol. The second kappa shape index (κ2) is 10.3. The number of rotatable bonds is 8. The van der Waals surface area contributed by atoms with E-state index >= 15 is 0 Å². The van der Waals surface area contributed by atoms with Gasteiger partial charge in [-0.3, -0.25) is 14.4 Å². The van der Waals surface area contributed by atoms with Gasteiger partial charge in [-0.25, -0.2) is 5.43 Å². The van der Waals surface area contributed by atoms with Crippen molar-refractivity contribution in [3.8, 4) is 11.5 Å². The lowest BCUT2D eigenvalue weighted by Crippen LogP contribution is -2.32. The van der Waals surface area contributed by atoms with Crippen LogP contribution in [0.1, 0.15) is 12.5 Å². The van der Waals surface area contributed by atoms with Crippen LogP contribution in [-0.2, 0) is 14.4 Å². The normalized spacial score (nSPS) is 10.3. The molecule has 4 N–H and O–H groups in total. The number of carbonyl (C=O) groups excluding carboxylic acids is 3. The largest absolute Gasteiger partial charge is 0.492 e. The minimum atomic E-state index is -0.941. The van der Waals surface area contributed by atoms with Gasteiger partial charge in [0.15, 0.2) is 6.61 Å². The van der Waals surface area contributed by atoms with Gasteiger partial charge < -0.3 is 20.5 Å². The minimum Gasteiger partial charge on any atom is -0.492 e. The number of nitrogens with zero attached hydrogens (tertiary/aromatic N) is 1. The van der Waals surface area contributed by atoms with Crippen LogP contribution in [0.4, 0.5) is 5.69 Å². The number of nitrogens with two attached hydrogens (primary N) is 1. The van der Waals surface area contributed by atoms with Crippen LogP contribution in [0.25, 0.3) is 0 Å². The highest BCUT2D eigenvalue weighted by Crippen LogP contribution is 2.23. The van der Waals surface area contributed by atoms with Crippen LogP contribution < -0.4 is 25.9 Å². The Balaban J connectivity index is 1.92. The molecule has 2 rings (SSSR count). The van der Waals surface area contributed by atoms with E-state index in [0.29, 0.717) is 29.4 Å². The molecule has 9 heteroatoms. The Kier molecular flexibility index (Phi) is 7.53. The Bertz CT molecular complexity index is 882. The molecular formula is C19H20N4O5. The summed E-state index contributed by atoms with van der Waals surface area (Å²) in [6.45, 7) is 1.99. The molecule has 0 radical (unpaired) electrons. The van der Waals surface area contributed by atoms with Crippen LogP contribution in [-0.4, -0.2) is 37.1 Å². The molecule has 2 aromatic carbocycles. The highest BCUT2D eigenvalue weighted by Gasteiger charge is 2.15. The lowest BCUT2D eigenvalue weighted by atomic mass is 10.2. The minimum absolute atomic E-state index is 0.249. The van der Waals surface area contributed by atoms with Crippen molar-refractivity contribution in [1.82, 2.24) is 5.43 Å². The number of anilines is 1. The van der Waals surface area contributed by atoms with Gasteiger partial charge in [0.2, 0.25) is 0 Å². The highest BCUT2D eigenvalue weighted by atomic mass is 16.5. The molecular weight excluding hydrogens is 364 g/mol. The van der Waals surface area contributed by atoms with Crippen molar-refractivity contribution < 1.29 is 23.9 Å². The van der Waals surface area contributed by atoms with Gasteiger partial charge in [-0.1, -0.05) is 24.3 Å². The summed E-state index contributed by atoms with van der Waals surface area (Å²) < 4.78 is 10.6. The van der Waals surface area contributed by atoms with Crippen LogP contribution in [0.5, 0.6) is 11.5 Å². The summed E-state index contributed by atoms with van der Waals surface area (Å²) >= 11 is 0. The number of benzene rings is 2. The maximum absolute atomic E-state index is 12.0. The van der Waals surface area contributed by atoms with Gasteiger partial charge in [0.05, 0.1) is 18.5 Å². The van der Waals surface area contributed by atoms with Crippen molar-refractivity contribution in [1.29, 1.82) is 0 Å². The SMILES string of the molecule is CCOc1ccccc1NC(=O)C(=O)N/N=C\c1cccc(OCC(N)=O)c1. The first-order valence-electron chi connectivity index (χ1n) is 8.37. The summed E-state index contributed by atoms with van der Waals surface area (Å²) in [7, 11) is 0. The average Bonchev–Trinajstić information content (AvgIpc) is 2.68.